The highest BCUT2D eigenvalue weighted by atomic mass is 16.5. The number of hydrogen-bond acceptors (Lipinski definition) is 2. The summed E-state index contributed by atoms with van der Waals surface area (Å²) in [7, 11) is 0. The van der Waals surface area contributed by atoms with Gasteiger partial charge in [-0.05, 0) is 31.4 Å². The van der Waals surface area contributed by atoms with E-state index in [-0.39, 0.29) is 0 Å². The molecule has 1 unspecified atom stereocenters. The van der Waals surface area contributed by atoms with Gasteiger partial charge in [0.15, 0.2) is 0 Å². The molecule has 0 bridgehead atoms. The summed E-state index contributed by atoms with van der Waals surface area (Å²) in [5, 5.41) is 3.50. The lowest BCUT2D eigenvalue weighted by Gasteiger charge is -2.13. The number of hydrogen-bond donors (Lipinski definition) is 1. The maximum Gasteiger partial charge on any atom is 0.119 e. The predicted molar refractivity (Wildman–Crippen MR) is 66.7 cm³/mol. The van der Waals surface area contributed by atoms with Crippen LogP contribution in [0.5, 0.6) is 5.75 Å². The van der Waals surface area contributed by atoms with Crippen LogP contribution in [0.2, 0.25) is 0 Å². The fourth-order valence-corrected chi connectivity index (χ4v) is 1.93. The molecule has 0 aromatic heterocycles. The molecule has 88 valence electrons. The highest BCUT2D eigenvalue weighted by Crippen LogP contribution is 2.33. The van der Waals surface area contributed by atoms with E-state index in [4.69, 9.17) is 4.74 Å². The first-order valence-electron chi connectivity index (χ1n) is 6.26. The van der Waals surface area contributed by atoms with E-state index in [1.54, 1.807) is 0 Å². The van der Waals surface area contributed by atoms with E-state index in [0.29, 0.717) is 6.04 Å². The summed E-state index contributed by atoms with van der Waals surface area (Å²) in [4.78, 5) is 0. The zero-order chi connectivity index (χ0) is 11.2. The molecule has 0 saturated heterocycles. The molecule has 0 aliphatic heterocycles. The minimum atomic E-state index is 0.631. The maximum absolute atomic E-state index is 5.61. The third-order valence-corrected chi connectivity index (χ3v) is 2.99. The Kier molecular flexibility index (Phi) is 4.23. The first-order valence-corrected chi connectivity index (χ1v) is 6.26. The lowest BCUT2D eigenvalue weighted by Crippen LogP contribution is -2.30. The topological polar surface area (TPSA) is 21.3 Å². The zero-order valence-electron chi connectivity index (χ0n) is 9.99. The van der Waals surface area contributed by atoms with E-state index in [2.05, 4.69) is 12.2 Å². The Morgan fingerprint density at radius 2 is 2.06 bits per heavy atom. The molecule has 1 aromatic rings. The van der Waals surface area contributed by atoms with Crippen LogP contribution < -0.4 is 10.1 Å². The second-order valence-corrected chi connectivity index (χ2v) is 4.70. The van der Waals surface area contributed by atoms with Crippen molar-refractivity contribution in [2.75, 3.05) is 13.2 Å². The van der Waals surface area contributed by atoms with Crippen LogP contribution in [-0.4, -0.2) is 19.2 Å². The zero-order valence-corrected chi connectivity index (χ0v) is 9.99. The van der Waals surface area contributed by atoms with Crippen molar-refractivity contribution in [3.8, 4) is 5.75 Å². The van der Waals surface area contributed by atoms with Gasteiger partial charge in [-0.3, -0.25) is 0 Å². The number of rotatable bonds is 7. The van der Waals surface area contributed by atoms with Crippen LogP contribution in [-0.2, 0) is 0 Å². The normalized spacial score (nSPS) is 17.1. The third-order valence-electron chi connectivity index (χ3n) is 2.99. The summed E-state index contributed by atoms with van der Waals surface area (Å²) in [5.41, 5.74) is 0. The molecule has 0 heterocycles. The largest absolute Gasteiger partial charge is 0.492 e. The Balaban J connectivity index is 1.54. The van der Waals surface area contributed by atoms with E-state index in [9.17, 15) is 0 Å². The van der Waals surface area contributed by atoms with Crippen LogP contribution in [0.4, 0.5) is 0 Å². The van der Waals surface area contributed by atoms with Crippen molar-refractivity contribution in [1.29, 1.82) is 0 Å². The molecule has 0 spiro atoms. The Bertz CT molecular complexity index is 295. The van der Waals surface area contributed by atoms with Gasteiger partial charge in [0.05, 0.1) is 0 Å². The van der Waals surface area contributed by atoms with E-state index in [1.807, 2.05) is 30.3 Å². The van der Waals surface area contributed by atoms with Crippen molar-refractivity contribution < 1.29 is 4.74 Å². The highest BCUT2D eigenvalue weighted by Gasteiger charge is 2.22. The Hall–Kier alpha value is -1.02. The maximum atomic E-state index is 5.61. The predicted octanol–water partition coefficient (Wildman–Crippen LogP) is 2.84. The van der Waals surface area contributed by atoms with Gasteiger partial charge in [-0.2, -0.15) is 0 Å². The Morgan fingerprint density at radius 3 is 2.75 bits per heavy atom. The average molecular weight is 219 g/mol. The fourth-order valence-electron chi connectivity index (χ4n) is 1.93. The molecule has 1 aliphatic rings. The average Bonchev–Trinajstić information content (AvgIpc) is 3.10. The molecule has 1 atom stereocenters. The molecular formula is C14H21NO. The van der Waals surface area contributed by atoms with Gasteiger partial charge in [0.25, 0.3) is 0 Å². The smallest absolute Gasteiger partial charge is 0.119 e. The highest BCUT2D eigenvalue weighted by molar-refractivity contribution is 5.20. The van der Waals surface area contributed by atoms with Crippen molar-refractivity contribution in [1.82, 2.24) is 5.32 Å². The van der Waals surface area contributed by atoms with Crippen LogP contribution in [0.15, 0.2) is 30.3 Å². The summed E-state index contributed by atoms with van der Waals surface area (Å²) < 4.78 is 5.61. The molecule has 2 heteroatoms. The van der Waals surface area contributed by atoms with Gasteiger partial charge < -0.3 is 10.1 Å². The minimum Gasteiger partial charge on any atom is -0.492 e. The summed E-state index contributed by atoms with van der Waals surface area (Å²) >= 11 is 0. The second kappa shape index (κ2) is 5.90. The molecule has 1 fully saturated rings. The first kappa shape index (κ1) is 11.5. The number of para-hydroxylation sites is 1. The lowest BCUT2D eigenvalue weighted by molar-refractivity contribution is 0.304. The fraction of sp³-hybridized carbons (Fsp3) is 0.571. The van der Waals surface area contributed by atoms with Gasteiger partial charge in [0.2, 0.25) is 0 Å². The molecule has 0 radical (unpaired) electrons. The van der Waals surface area contributed by atoms with E-state index in [1.165, 1.54) is 19.3 Å². The monoisotopic (exact) mass is 219 g/mol. The third kappa shape index (κ3) is 4.23. The molecular weight excluding hydrogens is 198 g/mol. The van der Waals surface area contributed by atoms with E-state index in [0.717, 1.165) is 24.8 Å². The van der Waals surface area contributed by atoms with Crippen LogP contribution in [0.3, 0.4) is 0 Å². The molecule has 1 saturated carbocycles. The molecule has 1 N–H and O–H groups in total. The van der Waals surface area contributed by atoms with Crippen LogP contribution in [0.25, 0.3) is 0 Å². The lowest BCUT2D eigenvalue weighted by atomic mass is 10.2. The van der Waals surface area contributed by atoms with Gasteiger partial charge in [0.1, 0.15) is 12.4 Å². The number of nitrogens with one attached hydrogen (secondary N) is 1. The van der Waals surface area contributed by atoms with Gasteiger partial charge in [-0.15, -0.1) is 0 Å². The second-order valence-electron chi connectivity index (χ2n) is 4.70. The first-order chi connectivity index (χ1) is 7.84. The molecule has 0 amide bonds. The number of ether oxygens (including phenoxy) is 1. The van der Waals surface area contributed by atoms with E-state index >= 15 is 0 Å². The summed E-state index contributed by atoms with van der Waals surface area (Å²) in [6.07, 6.45) is 4.20. The van der Waals surface area contributed by atoms with Crippen molar-refractivity contribution in [3.05, 3.63) is 30.3 Å². The van der Waals surface area contributed by atoms with E-state index < -0.39 is 0 Å². The van der Waals surface area contributed by atoms with Crippen LogP contribution in [0, 0.1) is 5.92 Å². The van der Waals surface area contributed by atoms with Gasteiger partial charge in [0, 0.05) is 12.6 Å². The minimum absolute atomic E-state index is 0.631. The molecule has 16 heavy (non-hydrogen) atoms. The quantitative estimate of drug-likeness (QED) is 0.712. The molecule has 1 aromatic carbocycles. The molecule has 2 rings (SSSR count). The molecule has 2 nitrogen and oxygen atoms in total. The Morgan fingerprint density at radius 1 is 1.31 bits per heavy atom. The standard InChI is InChI=1S/C14H21NO/c1-12(11-13-7-8-13)15-9-10-16-14-5-3-2-4-6-14/h2-6,12-13,15H,7-11H2,1H3. The van der Waals surface area contributed by atoms with Crippen LogP contribution >= 0.6 is 0 Å². The van der Waals surface area contributed by atoms with Crippen molar-refractivity contribution in [3.63, 3.8) is 0 Å². The van der Waals surface area contributed by atoms with Gasteiger partial charge >= 0.3 is 0 Å². The summed E-state index contributed by atoms with van der Waals surface area (Å²) in [6, 6.07) is 10.6. The van der Waals surface area contributed by atoms with Gasteiger partial charge in [-0.1, -0.05) is 31.0 Å². The number of benzene rings is 1. The van der Waals surface area contributed by atoms with Crippen LogP contribution in [0.1, 0.15) is 26.2 Å². The van der Waals surface area contributed by atoms with Crippen molar-refractivity contribution in [2.45, 2.75) is 32.2 Å². The summed E-state index contributed by atoms with van der Waals surface area (Å²) in [6.45, 7) is 3.95. The Labute approximate surface area is 98.0 Å². The molecule has 1 aliphatic carbocycles. The van der Waals surface area contributed by atoms with Crippen molar-refractivity contribution in [2.24, 2.45) is 5.92 Å². The van der Waals surface area contributed by atoms with Crippen molar-refractivity contribution >= 4 is 0 Å². The van der Waals surface area contributed by atoms with Gasteiger partial charge in [-0.25, -0.2) is 0 Å². The SMILES string of the molecule is CC(CC1CC1)NCCOc1ccccc1. The summed E-state index contributed by atoms with van der Waals surface area (Å²) in [5.74, 6) is 1.96.